The second-order valence-electron chi connectivity index (χ2n) is 10.4. The minimum Gasteiger partial charge on any atom is -0.345 e. The van der Waals surface area contributed by atoms with Crippen molar-refractivity contribution >= 4 is 52.4 Å². The molecule has 6 nitrogen and oxygen atoms in total. The highest BCUT2D eigenvalue weighted by molar-refractivity contribution is 6.39. The molecule has 1 saturated carbocycles. The molecule has 4 rings (SSSR count). The maximum atomic E-state index is 14.0. The van der Waals surface area contributed by atoms with Gasteiger partial charge in [0.1, 0.15) is 6.54 Å². The van der Waals surface area contributed by atoms with Crippen molar-refractivity contribution in [3.8, 4) is 0 Å². The summed E-state index contributed by atoms with van der Waals surface area (Å²) in [7, 11) is 0. The highest BCUT2D eigenvalue weighted by Gasteiger charge is 2.30. The lowest BCUT2D eigenvalue weighted by atomic mass is 9.94. The van der Waals surface area contributed by atoms with E-state index >= 15 is 0 Å². The van der Waals surface area contributed by atoms with Gasteiger partial charge in [0.25, 0.3) is 0 Å². The number of amides is 3. The van der Waals surface area contributed by atoms with E-state index in [2.05, 4.69) is 16.0 Å². The van der Waals surface area contributed by atoms with E-state index in [9.17, 15) is 9.59 Å². The smallest absolute Gasteiger partial charge is 0.322 e. The number of halogens is 3. The molecule has 1 heterocycles. The standard InChI is InChI=1S/C31H37Cl3N4O2/c1-3-22(2)37(31(40)35-30-27(33)16-9-17-28(30)34)21-29(39)38(24-12-5-4-6-13-24)20-25-14-10-18-36(25)19-23-11-7-8-15-26(23)32/h7-11,14-18,22,24H,3-6,12-13,19-21H2,1-2H3,(H,35,40)/t22-/m1/s1. The van der Waals surface area contributed by atoms with Gasteiger partial charge in [-0.05, 0) is 62.1 Å². The maximum Gasteiger partial charge on any atom is 0.322 e. The van der Waals surface area contributed by atoms with Crippen molar-refractivity contribution in [2.75, 3.05) is 11.9 Å². The number of carbonyl (C=O) groups is 2. The van der Waals surface area contributed by atoms with Gasteiger partial charge in [0.05, 0.1) is 22.3 Å². The van der Waals surface area contributed by atoms with E-state index in [1.54, 1.807) is 23.1 Å². The lowest BCUT2D eigenvalue weighted by molar-refractivity contribution is -0.136. The number of hydrogen-bond acceptors (Lipinski definition) is 2. The molecule has 0 aliphatic heterocycles. The number of rotatable bonds is 10. The molecule has 40 heavy (non-hydrogen) atoms. The van der Waals surface area contributed by atoms with Gasteiger partial charge in [-0.1, -0.05) is 85.3 Å². The number of aromatic nitrogens is 1. The summed E-state index contributed by atoms with van der Waals surface area (Å²) in [4.78, 5) is 31.1. The van der Waals surface area contributed by atoms with Crippen molar-refractivity contribution in [2.24, 2.45) is 0 Å². The normalized spacial score (nSPS) is 14.5. The van der Waals surface area contributed by atoms with E-state index in [1.807, 2.05) is 55.3 Å². The van der Waals surface area contributed by atoms with E-state index in [-0.39, 0.29) is 24.5 Å². The molecule has 3 aromatic rings. The van der Waals surface area contributed by atoms with Crippen molar-refractivity contribution in [3.05, 3.63) is 87.1 Å². The molecule has 0 saturated heterocycles. The maximum absolute atomic E-state index is 14.0. The Morgan fingerprint density at radius 1 is 0.950 bits per heavy atom. The van der Waals surface area contributed by atoms with Gasteiger partial charge in [0, 0.05) is 35.5 Å². The molecule has 1 aromatic heterocycles. The summed E-state index contributed by atoms with van der Waals surface area (Å²) >= 11 is 19.1. The first-order valence-corrected chi connectivity index (χ1v) is 15.1. The van der Waals surface area contributed by atoms with E-state index in [0.717, 1.165) is 42.0 Å². The zero-order chi connectivity index (χ0) is 28.6. The van der Waals surface area contributed by atoms with Crippen LogP contribution in [0, 0.1) is 0 Å². The van der Waals surface area contributed by atoms with Crippen LogP contribution in [0.3, 0.4) is 0 Å². The monoisotopic (exact) mass is 602 g/mol. The van der Waals surface area contributed by atoms with Crippen LogP contribution in [0.25, 0.3) is 0 Å². The molecule has 1 atom stereocenters. The Hall–Kier alpha value is -2.67. The van der Waals surface area contributed by atoms with Crippen molar-refractivity contribution in [3.63, 3.8) is 0 Å². The van der Waals surface area contributed by atoms with Crippen molar-refractivity contribution < 1.29 is 9.59 Å². The summed E-state index contributed by atoms with van der Waals surface area (Å²) in [5.74, 6) is -0.0712. The summed E-state index contributed by atoms with van der Waals surface area (Å²) in [6.07, 6.45) is 8.01. The minimum atomic E-state index is -0.400. The van der Waals surface area contributed by atoms with E-state index in [1.165, 1.54) is 6.42 Å². The highest BCUT2D eigenvalue weighted by atomic mass is 35.5. The van der Waals surface area contributed by atoms with Gasteiger partial charge in [-0.3, -0.25) is 4.79 Å². The second-order valence-corrected chi connectivity index (χ2v) is 11.7. The Balaban J connectivity index is 1.56. The number of carbonyl (C=O) groups excluding carboxylic acids is 2. The van der Waals surface area contributed by atoms with Gasteiger partial charge < -0.3 is 19.7 Å². The summed E-state index contributed by atoms with van der Waals surface area (Å²) in [5.41, 5.74) is 2.40. The molecule has 1 N–H and O–H groups in total. The summed E-state index contributed by atoms with van der Waals surface area (Å²) in [5, 5.41) is 4.25. The van der Waals surface area contributed by atoms with Crippen molar-refractivity contribution in [2.45, 2.75) is 77.5 Å². The molecule has 1 aliphatic rings. The number of anilines is 1. The Kier molecular flexibility index (Phi) is 10.8. The number of nitrogens with one attached hydrogen (secondary N) is 1. The molecule has 0 spiro atoms. The molecule has 0 unspecified atom stereocenters. The molecule has 0 bridgehead atoms. The Morgan fingerprint density at radius 2 is 1.62 bits per heavy atom. The largest absolute Gasteiger partial charge is 0.345 e. The van der Waals surface area contributed by atoms with Gasteiger partial charge in [0.15, 0.2) is 0 Å². The van der Waals surface area contributed by atoms with Crippen LogP contribution in [-0.4, -0.2) is 44.9 Å². The molecule has 1 aliphatic carbocycles. The summed E-state index contributed by atoms with van der Waals surface area (Å²) in [6, 6.07) is 16.5. The second kappa shape index (κ2) is 14.3. The van der Waals surface area contributed by atoms with Crippen LogP contribution in [0.4, 0.5) is 10.5 Å². The average molecular weight is 604 g/mol. The van der Waals surface area contributed by atoms with E-state index < -0.39 is 6.03 Å². The highest BCUT2D eigenvalue weighted by Crippen LogP contribution is 2.31. The Morgan fingerprint density at radius 3 is 2.30 bits per heavy atom. The molecular weight excluding hydrogens is 567 g/mol. The molecule has 1 fully saturated rings. The molecule has 214 valence electrons. The Labute approximate surface area is 252 Å². The van der Waals surface area contributed by atoms with E-state index in [4.69, 9.17) is 34.8 Å². The van der Waals surface area contributed by atoms with Crippen LogP contribution >= 0.6 is 34.8 Å². The number of nitrogens with zero attached hydrogens (tertiary/aromatic N) is 3. The minimum absolute atomic E-state index is 0.0371. The van der Waals surface area contributed by atoms with Crippen LogP contribution < -0.4 is 5.32 Å². The lowest BCUT2D eigenvalue weighted by Gasteiger charge is -2.37. The Bertz CT molecular complexity index is 1280. The predicted octanol–water partition coefficient (Wildman–Crippen LogP) is 8.49. The SMILES string of the molecule is CC[C@@H](C)N(CC(=O)N(Cc1cccn1Cc1ccccc1Cl)C1CCCCC1)C(=O)Nc1c(Cl)cccc1Cl. The van der Waals surface area contributed by atoms with E-state index in [0.29, 0.717) is 35.2 Å². The van der Waals surface area contributed by atoms with Gasteiger partial charge in [-0.15, -0.1) is 0 Å². The zero-order valence-electron chi connectivity index (χ0n) is 23.1. The van der Waals surface area contributed by atoms with Crippen molar-refractivity contribution in [1.82, 2.24) is 14.4 Å². The fourth-order valence-electron chi connectivity index (χ4n) is 5.23. The van der Waals surface area contributed by atoms with Crippen molar-refractivity contribution in [1.29, 1.82) is 0 Å². The van der Waals surface area contributed by atoms with Crippen LogP contribution in [0.1, 0.15) is 63.6 Å². The first-order chi connectivity index (χ1) is 19.3. The number of benzene rings is 2. The quantitative estimate of drug-likeness (QED) is 0.253. The van der Waals surface area contributed by atoms with Gasteiger partial charge in [-0.25, -0.2) is 4.79 Å². The summed E-state index contributed by atoms with van der Waals surface area (Å²) in [6.45, 7) is 4.99. The number of urea groups is 1. The average Bonchev–Trinajstić information content (AvgIpc) is 3.40. The molecule has 3 amide bonds. The third-order valence-electron chi connectivity index (χ3n) is 7.77. The summed E-state index contributed by atoms with van der Waals surface area (Å²) < 4.78 is 2.14. The van der Waals surface area contributed by atoms with Crippen LogP contribution in [0.2, 0.25) is 15.1 Å². The first kappa shape index (κ1) is 30.3. The molecule has 0 radical (unpaired) electrons. The lowest BCUT2D eigenvalue weighted by Crippen LogP contribution is -2.50. The zero-order valence-corrected chi connectivity index (χ0v) is 25.4. The third-order valence-corrected chi connectivity index (χ3v) is 8.77. The topological polar surface area (TPSA) is 57.6 Å². The number of para-hydroxylation sites is 1. The third kappa shape index (κ3) is 7.54. The molecule has 2 aromatic carbocycles. The first-order valence-electron chi connectivity index (χ1n) is 14.0. The van der Waals surface area contributed by atoms with Gasteiger partial charge >= 0.3 is 6.03 Å². The predicted molar refractivity (Wildman–Crippen MR) is 164 cm³/mol. The van der Waals surface area contributed by atoms with Gasteiger partial charge in [0.2, 0.25) is 5.91 Å². The number of hydrogen-bond donors (Lipinski definition) is 1. The van der Waals surface area contributed by atoms with Crippen LogP contribution in [-0.2, 0) is 17.9 Å². The van der Waals surface area contributed by atoms with Crippen LogP contribution in [0.5, 0.6) is 0 Å². The fraction of sp³-hybridized carbons (Fsp3) is 0.419. The van der Waals surface area contributed by atoms with Crippen LogP contribution in [0.15, 0.2) is 60.8 Å². The molecule has 9 heteroatoms. The molecular formula is C31H37Cl3N4O2. The van der Waals surface area contributed by atoms with Gasteiger partial charge in [-0.2, -0.15) is 0 Å². The fourth-order valence-corrected chi connectivity index (χ4v) is 5.91.